The Kier molecular flexibility index (Phi) is 28.8. The molecule has 4 aromatic rings. The Labute approximate surface area is 515 Å². The van der Waals surface area contributed by atoms with Gasteiger partial charge in [0.2, 0.25) is 5.91 Å². The second-order valence-corrected chi connectivity index (χ2v) is 20.5. The molecule has 4 amide bonds. The first-order valence-electron chi connectivity index (χ1n) is 28.4. The number of nitrogens with one attached hydrogen (secondary N) is 3. The molecule has 89 heavy (non-hydrogen) atoms. The van der Waals surface area contributed by atoms with Crippen molar-refractivity contribution in [1.29, 1.82) is 0 Å². The zero-order valence-corrected chi connectivity index (χ0v) is 50.5. The number of rotatable bonds is 39. The highest BCUT2D eigenvalue weighted by atomic mass is 16.5. The van der Waals surface area contributed by atoms with E-state index >= 15 is 0 Å². The number of hydrogen-bond donors (Lipinski definition) is 13. The molecule has 29 heteroatoms. The fourth-order valence-electron chi connectivity index (χ4n) is 9.33. The molecule has 0 aliphatic rings. The van der Waals surface area contributed by atoms with E-state index in [1.807, 2.05) is 0 Å². The first kappa shape index (κ1) is 71.2. The van der Waals surface area contributed by atoms with E-state index in [9.17, 15) is 38.4 Å². The number of carbonyl (C=O) groups is 8. The van der Waals surface area contributed by atoms with Gasteiger partial charge in [-0.15, -0.1) is 0 Å². The fourth-order valence-corrected chi connectivity index (χ4v) is 9.33. The highest BCUT2D eigenvalue weighted by Crippen LogP contribution is 2.27. The number of Topliss-reactive ketones (excluding diaryl/α,β-unsaturated/α-hetero) is 4. The molecule has 0 aliphatic carbocycles. The van der Waals surface area contributed by atoms with E-state index in [-0.39, 0.29) is 153 Å². The second-order valence-electron chi connectivity index (χ2n) is 20.5. The SMILES string of the molecule is COc1ccc(C(N)=O)cc1CC(=O)[C@@H](CCCN=C(N)N)NC(=O)c1cc(CC(=O)[C@@H](CCCN=C(N)N)NC(=O)c2cc(CC(=O)[C@@H](CCCN=C(N)N)NC(=O)c3cc(CC(=O)[C@H](N)CCCN=C(N)N)ccc3OC)ccc2OC)ccc1OC. The van der Waals surface area contributed by atoms with Crippen molar-refractivity contribution in [2.45, 2.75) is 101 Å². The first-order valence-corrected chi connectivity index (χ1v) is 28.4. The molecule has 4 aromatic carbocycles. The van der Waals surface area contributed by atoms with Gasteiger partial charge < -0.3 is 92.2 Å². The van der Waals surface area contributed by atoms with Crippen LogP contribution in [0.1, 0.15) is 115 Å². The van der Waals surface area contributed by atoms with Crippen LogP contribution in [0, 0.1) is 0 Å². The number of primary amides is 1. The maximum atomic E-state index is 14.5. The second kappa shape index (κ2) is 36.0. The van der Waals surface area contributed by atoms with E-state index in [4.69, 9.17) is 76.3 Å². The molecule has 29 nitrogen and oxygen atoms in total. The Morgan fingerprint density at radius 2 is 0.697 bits per heavy atom. The third-order valence-electron chi connectivity index (χ3n) is 13.9. The number of ketones is 4. The summed E-state index contributed by atoms with van der Waals surface area (Å²) < 4.78 is 22.1. The number of methoxy groups -OCH3 is 4. The van der Waals surface area contributed by atoms with Crippen molar-refractivity contribution in [3.8, 4) is 23.0 Å². The average molecular weight is 1230 g/mol. The van der Waals surface area contributed by atoms with Gasteiger partial charge in [-0.1, -0.05) is 18.2 Å². The lowest BCUT2D eigenvalue weighted by Crippen LogP contribution is -2.42. The zero-order chi connectivity index (χ0) is 65.7. The number of hydrogen-bond acceptors (Lipinski definition) is 17. The summed E-state index contributed by atoms with van der Waals surface area (Å²) in [5.74, 6) is -4.47. The summed E-state index contributed by atoms with van der Waals surface area (Å²) in [6.07, 6.45) is 0.787. The van der Waals surface area contributed by atoms with E-state index in [1.54, 1.807) is 18.2 Å². The smallest absolute Gasteiger partial charge is 0.255 e. The number of nitrogens with two attached hydrogens (primary N) is 10. The quantitative estimate of drug-likeness (QED) is 0.0148. The number of ether oxygens (including phenoxy) is 4. The van der Waals surface area contributed by atoms with Crippen LogP contribution in [0.15, 0.2) is 92.8 Å². The van der Waals surface area contributed by atoms with Gasteiger partial charge in [-0.25, -0.2) is 0 Å². The number of carbonyl (C=O) groups excluding carboxylic acids is 8. The molecule has 4 atom stereocenters. The van der Waals surface area contributed by atoms with E-state index in [0.717, 1.165) is 0 Å². The molecule has 0 fully saturated rings. The number of guanidine groups is 4. The third kappa shape index (κ3) is 23.5. The lowest BCUT2D eigenvalue weighted by Gasteiger charge is -2.21. The Bertz CT molecular complexity index is 3280. The minimum absolute atomic E-state index is 0.0270. The normalized spacial score (nSPS) is 12.1. The van der Waals surface area contributed by atoms with Crippen LogP contribution < -0.4 is 92.2 Å². The molecule has 480 valence electrons. The lowest BCUT2D eigenvalue weighted by atomic mass is 9.96. The Balaban J connectivity index is 1.61. The van der Waals surface area contributed by atoms with Crippen molar-refractivity contribution < 1.29 is 57.3 Å². The van der Waals surface area contributed by atoms with Gasteiger partial charge in [0.05, 0.1) is 69.3 Å². The number of nitrogens with zero attached hydrogens (tertiary/aromatic N) is 4. The minimum Gasteiger partial charge on any atom is -0.496 e. The summed E-state index contributed by atoms with van der Waals surface area (Å²) in [7, 11) is 5.45. The zero-order valence-electron chi connectivity index (χ0n) is 50.5. The van der Waals surface area contributed by atoms with Gasteiger partial charge in [0.15, 0.2) is 47.0 Å². The van der Waals surface area contributed by atoms with Crippen LogP contribution in [0.3, 0.4) is 0 Å². The first-order chi connectivity index (χ1) is 42.4. The lowest BCUT2D eigenvalue weighted by molar-refractivity contribution is -0.121. The third-order valence-corrected chi connectivity index (χ3v) is 13.9. The number of amides is 4. The summed E-state index contributed by atoms with van der Waals surface area (Å²) in [6, 6.07) is 13.8. The predicted octanol–water partition coefficient (Wildman–Crippen LogP) is -0.796. The molecule has 23 N–H and O–H groups in total. The molecular weight excluding hydrogens is 1150 g/mol. The van der Waals surface area contributed by atoms with Crippen LogP contribution in [0.5, 0.6) is 23.0 Å². The molecule has 0 unspecified atom stereocenters. The molecule has 0 spiro atoms. The maximum Gasteiger partial charge on any atom is 0.255 e. The van der Waals surface area contributed by atoms with Crippen LogP contribution in [0.4, 0.5) is 0 Å². The maximum absolute atomic E-state index is 14.5. The number of aliphatic imine (C=N–C) groups is 4. The monoisotopic (exact) mass is 1230 g/mol. The topological polar surface area (TPSA) is 519 Å². The molecule has 0 saturated carbocycles. The fraction of sp³-hybridized carbons (Fsp3) is 0.400. The van der Waals surface area contributed by atoms with Crippen molar-refractivity contribution >= 4 is 70.6 Å². The molecular formula is C60H83N17O12. The molecule has 0 aliphatic heterocycles. The summed E-state index contributed by atoms with van der Waals surface area (Å²) in [4.78, 5) is 127. The predicted molar refractivity (Wildman–Crippen MR) is 337 cm³/mol. The van der Waals surface area contributed by atoms with E-state index in [0.29, 0.717) is 47.4 Å². The van der Waals surface area contributed by atoms with E-state index < -0.39 is 65.1 Å². The van der Waals surface area contributed by atoms with Crippen LogP contribution in [-0.2, 0) is 44.9 Å². The molecule has 0 radical (unpaired) electrons. The molecule has 0 saturated heterocycles. The van der Waals surface area contributed by atoms with Gasteiger partial charge in [0, 0.05) is 63.0 Å². The van der Waals surface area contributed by atoms with Gasteiger partial charge in [-0.3, -0.25) is 58.3 Å². The molecule has 0 heterocycles. The largest absolute Gasteiger partial charge is 0.496 e. The van der Waals surface area contributed by atoms with Crippen LogP contribution in [0.25, 0.3) is 0 Å². The standard InChI is InChI=1S/C60H83N17O12/c1-86-49-20-16-36(53(62)82)31-37(49)32-48(81)44(12-8-24-74-60(69)70)77-56(85)40-27-35(15-19-52(40)89-4)30-47(80)43(11-7-23-73-59(67)68)76-55(84)39-26-34(14-18-51(39)88-3)29-46(79)42(10-6-22-72-58(65)66)75-54(83)38-25-33(13-17-50(38)87-2)28-45(78)41(61)9-5-21-71-57(63)64/h13-20,25-27,31,41-44H,5-12,21-24,28-30,32,61H2,1-4H3,(H2,62,82)(H,75,83)(H,76,84)(H,77,85)(H4,63,64,71)(H4,65,66,72)(H4,67,68,73)(H4,69,70,74)/t41-,42-,43-,44-/m1/s1. The average Bonchev–Trinajstić information content (AvgIpc) is 2.13. The van der Waals surface area contributed by atoms with E-state index in [2.05, 4.69) is 35.9 Å². The van der Waals surface area contributed by atoms with Gasteiger partial charge in [-0.05, 0) is 123 Å². The molecule has 4 rings (SSSR count). The Morgan fingerprint density at radius 1 is 0.393 bits per heavy atom. The highest BCUT2D eigenvalue weighted by Gasteiger charge is 2.29. The Morgan fingerprint density at radius 3 is 1.01 bits per heavy atom. The van der Waals surface area contributed by atoms with Crippen LogP contribution in [0.2, 0.25) is 0 Å². The molecule has 0 bridgehead atoms. The van der Waals surface area contributed by atoms with Gasteiger partial charge in [0.25, 0.3) is 17.7 Å². The van der Waals surface area contributed by atoms with Crippen molar-refractivity contribution in [3.63, 3.8) is 0 Å². The van der Waals surface area contributed by atoms with Crippen molar-refractivity contribution in [2.24, 2.45) is 77.3 Å². The number of benzene rings is 4. The Hall–Kier alpha value is -10.3. The van der Waals surface area contributed by atoms with Crippen molar-refractivity contribution in [1.82, 2.24) is 16.0 Å². The molecule has 0 aromatic heterocycles. The summed E-state index contributed by atoms with van der Waals surface area (Å²) in [6.45, 7) is 0.669. The van der Waals surface area contributed by atoms with Crippen molar-refractivity contribution in [2.75, 3.05) is 54.6 Å². The summed E-state index contributed by atoms with van der Waals surface area (Å²) in [5.41, 5.74) is 57.4. The summed E-state index contributed by atoms with van der Waals surface area (Å²) in [5, 5.41) is 8.42. The van der Waals surface area contributed by atoms with Crippen LogP contribution in [-0.4, -0.2) is 149 Å². The summed E-state index contributed by atoms with van der Waals surface area (Å²) >= 11 is 0. The highest BCUT2D eigenvalue weighted by molar-refractivity contribution is 6.04. The van der Waals surface area contributed by atoms with Crippen molar-refractivity contribution in [3.05, 3.63) is 117 Å². The van der Waals surface area contributed by atoms with E-state index in [1.165, 1.54) is 83.0 Å². The van der Waals surface area contributed by atoms with Gasteiger partial charge >= 0.3 is 0 Å². The van der Waals surface area contributed by atoms with Gasteiger partial charge in [-0.2, -0.15) is 0 Å². The van der Waals surface area contributed by atoms with Gasteiger partial charge in [0.1, 0.15) is 23.0 Å². The van der Waals surface area contributed by atoms with Crippen LogP contribution >= 0.6 is 0 Å². The minimum atomic E-state index is -1.18.